The fraction of sp³-hybridized carbons (Fsp3) is 0.333. The van der Waals surface area contributed by atoms with Gasteiger partial charge in [-0.1, -0.05) is 12.1 Å². The van der Waals surface area contributed by atoms with E-state index in [1.807, 2.05) is 35.2 Å². The molecular formula is C18H21N3O2. The summed E-state index contributed by atoms with van der Waals surface area (Å²) in [4.78, 5) is 18.5. The van der Waals surface area contributed by atoms with Gasteiger partial charge in [0.15, 0.2) is 0 Å². The van der Waals surface area contributed by atoms with Crippen LogP contribution in [0.4, 0.5) is 0 Å². The van der Waals surface area contributed by atoms with Crippen molar-refractivity contribution in [1.82, 2.24) is 9.88 Å². The van der Waals surface area contributed by atoms with Gasteiger partial charge in [0.1, 0.15) is 12.4 Å². The van der Waals surface area contributed by atoms with Crippen molar-refractivity contribution >= 4 is 5.91 Å². The lowest BCUT2D eigenvalue weighted by Crippen LogP contribution is -2.29. The second-order valence-electron chi connectivity index (χ2n) is 5.82. The topological polar surface area (TPSA) is 68.5 Å². The van der Waals surface area contributed by atoms with Crippen LogP contribution in [-0.2, 0) is 6.61 Å². The molecule has 0 aliphatic carbocycles. The number of ether oxygens (including phenoxy) is 1. The summed E-state index contributed by atoms with van der Waals surface area (Å²) in [6.07, 6.45) is 4.49. The first-order chi connectivity index (χ1) is 11.3. The number of nitrogens with two attached hydrogens (primary N) is 1. The molecule has 0 spiro atoms. The fourth-order valence-corrected chi connectivity index (χ4v) is 2.76. The minimum Gasteiger partial charge on any atom is -0.489 e. The zero-order valence-electron chi connectivity index (χ0n) is 13.0. The lowest BCUT2D eigenvalue weighted by Gasteiger charge is -2.17. The first-order valence-electron chi connectivity index (χ1n) is 7.87. The normalized spacial score (nSPS) is 17.3. The number of hydrogen-bond acceptors (Lipinski definition) is 4. The predicted octanol–water partition coefficient (Wildman–Crippen LogP) is 2.08. The minimum atomic E-state index is 0.0489. The molecule has 1 aromatic carbocycles. The average molecular weight is 311 g/mol. The third-order valence-electron chi connectivity index (χ3n) is 4.12. The van der Waals surface area contributed by atoms with E-state index in [9.17, 15) is 4.79 Å². The van der Waals surface area contributed by atoms with Crippen molar-refractivity contribution in [3.63, 3.8) is 0 Å². The van der Waals surface area contributed by atoms with Gasteiger partial charge in [0.2, 0.25) is 0 Å². The summed E-state index contributed by atoms with van der Waals surface area (Å²) < 4.78 is 5.76. The first-order valence-corrected chi connectivity index (χ1v) is 7.87. The minimum absolute atomic E-state index is 0.0489. The number of nitrogens with zero attached hydrogens (tertiary/aromatic N) is 2. The van der Waals surface area contributed by atoms with Gasteiger partial charge >= 0.3 is 0 Å². The second kappa shape index (κ2) is 7.24. The summed E-state index contributed by atoms with van der Waals surface area (Å²) >= 11 is 0. The molecule has 1 atom stereocenters. The van der Waals surface area contributed by atoms with Crippen molar-refractivity contribution in [3.8, 4) is 5.75 Å². The summed E-state index contributed by atoms with van der Waals surface area (Å²) in [5.74, 6) is 1.16. The largest absolute Gasteiger partial charge is 0.489 e. The summed E-state index contributed by atoms with van der Waals surface area (Å²) in [5, 5.41) is 0. The molecule has 23 heavy (non-hydrogen) atoms. The lowest BCUT2D eigenvalue weighted by molar-refractivity contribution is 0.0787. The zero-order chi connectivity index (χ0) is 16.1. The fourth-order valence-electron chi connectivity index (χ4n) is 2.76. The molecule has 0 radical (unpaired) electrons. The number of aromatic nitrogens is 1. The van der Waals surface area contributed by atoms with E-state index in [-0.39, 0.29) is 5.91 Å². The molecule has 5 heteroatoms. The Morgan fingerprint density at radius 2 is 2.26 bits per heavy atom. The molecule has 2 heterocycles. The Kier molecular flexibility index (Phi) is 4.88. The molecule has 120 valence electrons. The predicted molar refractivity (Wildman–Crippen MR) is 88.1 cm³/mol. The molecule has 1 fully saturated rings. The van der Waals surface area contributed by atoms with Crippen LogP contribution in [0.25, 0.3) is 0 Å². The number of hydrogen-bond donors (Lipinski definition) is 1. The van der Waals surface area contributed by atoms with E-state index < -0.39 is 0 Å². The van der Waals surface area contributed by atoms with Gasteiger partial charge in [-0.25, -0.2) is 0 Å². The maximum absolute atomic E-state index is 12.6. The van der Waals surface area contributed by atoms with Gasteiger partial charge in [0, 0.05) is 36.6 Å². The number of carbonyl (C=O) groups is 1. The maximum atomic E-state index is 12.6. The summed E-state index contributed by atoms with van der Waals surface area (Å²) in [5.41, 5.74) is 7.34. The molecule has 3 rings (SSSR count). The van der Waals surface area contributed by atoms with Gasteiger partial charge in [0.05, 0.1) is 0 Å². The van der Waals surface area contributed by atoms with Crippen molar-refractivity contribution < 1.29 is 9.53 Å². The third kappa shape index (κ3) is 3.87. The molecule has 1 amide bonds. The summed E-state index contributed by atoms with van der Waals surface area (Å²) in [6.45, 7) is 2.60. The van der Waals surface area contributed by atoms with Crippen LogP contribution in [0.1, 0.15) is 22.3 Å². The van der Waals surface area contributed by atoms with Crippen LogP contribution >= 0.6 is 0 Å². The summed E-state index contributed by atoms with van der Waals surface area (Å²) in [7, 11) is 0. The molecule has 1 aliphatic heterocycles. The molecule has 0 bridgehead atoms. The number of rotatable bonds is 5. The third-order valence-corrected chi connectivity index (χ3v) is 4.12. The van der Waals surface area contributed by atoms with Gasteiger partial charge in [-0.2, -0.15) is 0 Å². The van der Waals surface area contributed by atoms with Crippen molar-refractivity contribution in [2.24, 2.45) is 11.7 Å². The lowest BCUT2D eigenvalue weighted by atomic mass is 10.1. The molecule has 0 unspecified atom stereocenters. The van der Waals surface area contributed by atoms with Crippen molar-refractivity contribution in [2.75, 3.05) is 19.6 Å². The molecule has 2 N–H and O–H groups in total. The van der Waals surface area contributed by atoms with Gasteiger partial charge < -0.3 is 15.4 Å². The van der Waals surface area contributed by atoms with Crippen LogP contribution in [0.2, 0.25) is 0 Å². The average Bonchev–Trinajstić information content (AvgIpc) is 3.10. The monoisotopic (exact) mass is 311 g/mol. The highest BCUT2D eigenvalue weighted by Crippen LogP contribution is 2.20. The highest BCUT2D eigenvalue weighted by atomic mass is 16.5. The van der Waals surface area contributed by atoms with Gasteiger partial charge in [-0.3, -0.25) is 9.78 Å². The van der Waals surface area contributed by atoms with E-state index in [2.05, 4.69) is 4.98 Å². The molecular weight excluding hydrogens is 290 g/mol. The Balaban J connectivity index is 1.64. The van der Waals surface area contributed by atoms with Crippen LogP contribution in [0, 0.1) is 5.92 Å². The van der Waals surface area contributed by atoms with Crippen LogP contribution in [0.15, 0.2) is 48.8 Å². The van der Waals surface area contributed by atoms with E-state index >= 15 is 0 Å². The molecule has 0 saturated carbocycles. The number of pyridine rings is 1. The van der Waals surface area contributed by atoms with Gasteiger partial charge in [-0.05, 0) is 43.1 Å². The maximum Gasteiger partial charge on any atom is 0.253 e. The van der Waals surface area contributed by atoms with E-state index in [4.69, 9.17) is 10.5 Å². The highest BCUT2D eigenvalue weighted by molar-refractivity contribution is 5.94. The Labute approximate surface area is 136 Å². The van der Waals surface area contributed by atoms with Crippen LogP contribution < -0.4 is 10.5 Å². The van der Waals surface area contributed by atoms with E-state index in [0.29, 0.717) is 30.4 Å². The van der Waals surface area contributed by atoms with E-state index in [1.54, 1.807) is 18.5 Å². The molecule has 5 nitrogen and oxygen atoms in total. The Morgan fingerprint density at radius 1 is 1.35 bits per heavy atom. The van der Waals surface area contributed by atoms with Crippen LogP contribution in [0.3, 0.4) is 0 Å². The molecule has 2 aromatic rings. The van der Waals surface area contributed by atoms with Crippen molar-refractivity contribution in [1.29, 1.82) is 0 Å². The highest BCUT2D eigenvalue weighted by Gasteiger charge is 2.26. The standard InChI is InChI=1S/C18H21N3O2/c19-10-14-6-8-21(12-14)18(22)16-4-1-5-17(9-16)23-13-15-3-2-7-20-11-15/h1-5,7,9,11,14H,6,8,10,12-13,19H2/t14-/m1/s1. The number of likely N-dealkylation sites (tertiary alicyclic amines) is 1. The van der Waals surface area contributed by atoms with E-state index in [0.717, 1.165) is 25.1 Å². The van der Waals surface area contributed by atoms with Crippen molar-refractivity contribution in [2.45, 2.75) is 13.0 Å². The SMILES string of the molecule is NC[C@H]1CCN(C(=O)c2cccc(OCc3cccnc3)c2)C1. The first kappa shape index (κ1) is 15.5. The number of amides is 1. The Hall–Kier alpha value is -2.40. The Morgan fingerprint density at radius 3 is 3.00 bits per heavy atom. The van der Waals surface area contributed by atoms with Crippen molar-refractivity contribution in [3.05, 3.63) is 59.9 Å². The Bertz CT molecular complexity index is 660. The number of carbonyl (C=O) groups excluding carboxylic acids is 1. The van der Waals surface area contributed by atoms with Crippen LogP contribution in [-0.4, -0.2) is 35.4 Å². The quantitative estimate of drug-likeness (QED) is 0.918. The van der Waals surface area contributed by atoms with Crippen LogP contribution in [0.5, 0.6) is 5.75 Å². The van der Waals surface area contributed by atoms with Gasteiger partial charge in [-0.15, -0.1) is 0 Å². The van der Waals surface area contributed by atoms with E-state index in [1.165, 1.54) is 0 Å². The molecule has 1 aliphatic rings. The smallest absolute Gasteiger partial charge is 0.253 e. The molecule has 1 saturated heterocycles. The molecule has 1 aromatic heterocycles. The second-order valence-corrected chi connectivity index (χ2v) is 5.82. The van der Waals surface area contributed by atoms with Gasteiger partial charge in [0.25, 0.3) is 5.91 Å². The number of benzene rings is 1. The zero-order valence-corrected chi connectivity index (χ0v) is 13.0. The summed E-state index contributed by atoms with van der Waals surface area (Å²) in [6, 6.07) is 11.2.